The maximum absolute atomic E-state index is 13.1. The third-order valence-corrected chi connectivity index (χ3v) is 6.26. The molecule has 0 bridgehead atoms. The molecule has 1 amide bonds. The minimum absolute atomic E-state index is 0.0632. The highest BCUT2D eigenvalue weighted by atomic mass is 32.1. The van der Waals surface area contributed by atoms with Crippen molar-refractivity contribution in [1.82, 2.24) is 4.90 Å². The molecule has 1 aliphatic heterocycles. The molecule has 4 rings (SSSR count). The Hall–Kier alpha value is -2.51. The molecule has 0 unspecified atom stereocenters. The molecule has 5 nitrogen and oxygen atoms in total. The second-order valence-electron chi connectivity index (χ2n) is 5.77. The van der Waals surface area contributed by atoms with Crippen LogP contribution in [-0.2, 0) is 6.42 Å². The zero-order valence-corrected chi connectivity index (χ0v) is 14.8. The Morgan fingerprint density at radius 1 is 1.16 bits per heavy atom. The van der Waals surface area contributed by atoms with Gasteiger partial charge in [0.05, 0.1) is 11.0 Å². The van der Waals surface area contributed by atoms with Crippen LogP contribution < -0.4 is 0 Å². The van der Waals surface area contributed by atoms with Crippen molar-refractivity contribution in [2.75, 3.05) is 6.54 Å². The summed E-state index contributed by atoms with van der Waals surface area (Å²) in [7, 11) is 0. The first-order valence-electron chi connectivity index (χ1n) is 7.80. The van der Waals surface area contributed by atoms with E-state index in [1.54, 1.807) is 34.8 Å². The van der Waals surface area contributed by atoms with Crippen LogP contribution in [0.25, 0.3) is 0 Å². The Balaban J connectivity index is 1.75. The summed E-state index contributed by atoms with van der Waals surface area (Å²) in [4.78, 5) is 27.9. The molecule has 0 saturated carbocycles. The van der Waals surface area contributed by atoms with E-state index in [1.165, 1.54) is 17.0 Å². The van der Waals surface area contributed by atoms with Crippen molar-refractivity contribution < 1.29 is 9.72 Å². The average molecular weight is 370 g/mol. The van der Waals surface area contributed by atoms with Gasteiger partial charge in [-0.3, -0.25) is 14.9 Å². The Bertz CT molecular complexity index is 933. The van der Waals surface area contributed by atoms with Gasteiger partial charge < -0.3 is 4.90 Å². The summed E-state index contributed by atoms with van der Waals surface area (Å²) in [6, 6.07) is 11.9. The van der Waals surface area contributed by atoms with Crippen molar-refractivity contribution in [1.29, 1.82) is 0 Å². The van der Waals surface area contributed by atoms with Crippen LogP contribution >= 0.6 is 22.7 Å². The Morgan fingerprint density at radius 2 is 2.04 bits per heavy atom. The van der Waals surface area contributed by atoms with Crippen molar-refractivity contribution in [3.05, 3.63) is 84.2 Å². The van der Waals surface area contributed by atoms with Crippen molar-refractivity contribution in [2.24, 2.45) is 0 Å². The third-order valence-electron chi connectivity index (χ3n) is 4.34. The van der Waals surface area contributed by atoms with Gasteiger partial charge in [0.15, 0.2) is 0 Å². The fourth-order valence-corrected chi connectivity index (χ4v) is 4.97. The van der Waals surface area contributed by atoms with E-state index in [9.17, 15) is 14.9 Å². The smallest absolute Gasteiger partial charge is 0.270 e. The zero-order valence-electron chi connectivity index (χ0n) is 13.1. The number of carbonyl (C=O) groups excluding carboxylic acids is 1. The van der Waals surface area contributed by atoms with Gasteiger partial charge in [-0.25, -0.2) is 0 Å². The third kappa shape index (κ3) is 2.85. The van der Waals surface area contributed by atoms with Crippen molar-refractivity contribution in [2.45, 2.75) is 12.5 Å². The van der Waals surface area contributed by atoms with Gasteiger partial charge in [0.2, 0.25) is 0 Å². The second-order valence-corrected chi connectivity index (χ2v) is 7.75. The van der Waals surface area contributed by atoms with E-state index in [0.29, 0.717) is 12.1 Å². The molecule has 2 aromatic heterocycles. The lowest BCUT2D eigenvalue weighted by Gasteiger charge is -2.35. The predicted molar refractivity (Wildman–Crippen MR) is 98.3 cm³/mol. The quantitative estimate of drug-likeness (QED) is 0.503. The topological polar surface area (TPSA) is 63.4 Å². The molecule has 7 heteroatoms. The van der Waals surface area contributed by atoms with Crippen molar-refractivity contribution in [3.8, 4) is 0 Å². The highest BCUT2D eigenvalue weighted by molar-refractivity contribution is 7.10. The molecular weight excluding hydrogens is 356 g/mol. The normalized spacial score (nSPS) is 16.5. The molecule has 0 spiro atoms. The van der Waals surface area contributed by atoms with Gasteiger partial charge in [-0.2, -0.15) is 0 Å². The summed E-state index contributed by atoms with van der Waals surface area (Å²) < 4.78 is 0. The highest BCUT2D eigenvalue weighted by Gasteiger charge is 2.34. The molecule has 0 N–H and O–H groups in total. The number of hydrogen-bond donors (Lipinski definition) is 0. The number of thiophene rings is 2. The zero-order chi connectivity index (χ0) is 17.4. The van der Waals surface area contributed by atoms with Crippen molar-refractivity contribution in [3.63, 3.8) is 0 Å². The molecular formula is C18H14N2O3S2. The molecule has 1 aliphatic rings. The molecule has 25 heavy (non-hydrogen) atoms. The molecule has 0 fully saturated rings. The molecule has 0 saturated heterocycles. The van der Waals surface area contributed by atoms with Crippen LogP contribution in [0.5, 0.6) is 0 Å². The number of nitrogens with zero attached hydrogens (tertiary/aromatic N) is 2. The molecule has 1 aromatic carbocycles. The first kappa shape index (κ1) is 16.0. The van der Waals surface area contributed by atoms with Crippen molar-refractivity contribution >= 4 is 34.3 Å². The molecule has 0 radical (unpaired) electrons. The van der Waals surface area contributed by atoms with Gasteiger partial charge in [-0.05, 0) is 40.9 Å². The number of amides is 1. The molecule has 3 aromatic rings. The van der Waals surface area contributed by atoms with Gasteiger partial charge in [0.1, 0.15) is 0 Å². The SMILES string of the molecule is O=C(c1cccc([N+](=O)[O-])c1)N1CCc2sccc2[C@@H]1c1cccs1. The summed E-state index contributed by atoms with van der Waals surface area (Å²) in [6.45, 7) is 0.609. The number of benzene rings is 1. The fraction of sp³-hybridized carbons (Fsp3) is 0.167. The average Bonchev–Trinajstić information content (AvgIpc) is 3.31. The number of nitro groups is 1. The molecule has 0 aliphatic carbocycles. The summed E-state index contributed by atoms with van der Waals surface area (Å²) in [5.41, 5.74) is 1.46. The number of fused-ring (bicyclic) bond motifs is 1. The van der Waals surface area contributed by atoms with Crippen LogP contribution in [0.2, 0.25) is 0 Å². The van der Waals surface area contributed by atoms with Crippen LogP contribution in [0, 0.1) is 10.1 Å². The number of non-ortho nitro benzene ring substituents is 1. The van der Waals surface area contributed by atoms with Crippen LogP contribution in [0.4, 0.5) is 5.69 Å². The van der Waals surface area contributed by atoms with Gasteiger partial charge in [-0.1, -0.05) is 12.1 Å². The number of hydrogen-bond acceptors (Lipinski definition) is 5. The van der Waals surface area contributed by atoms with Gasteiger partial charge >= 0.3 is 0 Å². The number of carbonyl (C=O) groups is 1. The lowest BCUT2D eigenvalue weighted by Crippen LogP contribution is -2.39. The van der Waals surface area contributed by atoms with E-state index in [0.717, 1.165) is 16.9 Å². The maximum atomic E-state index is 13.1. The van der Waals surface area contributed by atoms with E-state index >= 15 is 0 Å². The summed E-state index contributed by atoms with van der Waals surface area (Å²) in [5, 5.41) is 15.1. The largest absolute Gasteiger partial charge is 0.326 e. The second kappa shape index (κ2) is 6.42. The number of rotatable bonds is 3. The van der Waals surface area contributed by atoms with Gasteiger partial charge in [0.25, 0.3) is 11.6 Å². The molecule has 3 heterocycles. The Kier molecular flexibility index (Phi) is 4.10. The first-order valence-corrected chi connectivity index (χ1v) is 9.56. The Labute approximate surface area is 152 Å². The van der Waals surface area contributed by atoms with Crippen LogP contribution in [0.15, 0.2) is 53.2 Å². The lowest BCUT2D eigenvalue weighted by atomic mass is 9.97. The first-order chi connectivity index (χ1) is 12.1. The minimum atomic E-state index is -0.472. The fourth-order valence-electron chi connectivity index (χ4n) is 3.21. The summed E-state index contributed by atoms with van der Waals surface area (Å²) >= 11 is 3.34. The predicted octanol–water partition coefficient (Wildman–Crippen LogP) is 4.51. The van der Waals surface area contributed by atoms with E-state index in [1.807, 2.05) is 22.4 Å². The summed E-state index contributed by atoms with van der Waals surface area (Å²) in [6.07, 6.45) is 0.815. The Morgan fingerprint density at radius 3 is 2.80 bits per heavy atom. The molecule has 126 valence electrons. The van der Waals surface area contributed by atoms with E-state index in [-0.39, 0.29) is 17.6 Å². The van der Waals surface area contributed by atoms with E-state index in [2.05, 4.69) is 11.4 Å². The van der Waals surface area contributed by atoms with Crippen LogP contribution in [-0.4, -0.2) is 22.3 Å². The van der Waals surface area contributed by atoms with Gasteiger partial charge in [-0.15, -0.1) is 22.7 Å². The monoisotopic (exact) mass is 370 g/mol. The number of nitro benzene ring substituents is 1. The van der Waals surface area contributed by atoms with E-state index < -0.39 is 4.92 Å². The summed E-state index contributed by atoms with van der Waals surface area (Å²) in [5.74, 6) is -0.168. The van der Waals surface area contributed by atoms with Gasteiger partial charge in [0, 0.05) is 34.0 Å². The maximum Gasteiger partial charge on any atom is 0.270 e. The van der Waals surface area contributed by atoms with Crippen LogP contribution in [0.3, 0.4) is 0 Å². The minimum Gasteiger partial charge on any atom is -0.326 e. The lowest BCUT2D eigenvalue weighted by molar-refractivity contribution is -0.384. The van der Waals surface area contributed by atoms with E-state index in [4.69, 9.17) is 0 Å². The standard InChI is InChI=1S/C18H14N2O3S2/c21-18(12-3-1-4-13(11-12)20(22)23)19-8-6-15-14(7-10-25-15)17(19)16-5-2-9-24-16/h1-5,7,9-11,17H,6,8H2/t17-/m1/s1. The van der Waals surface area contributed by atoms with Crippen LogP contribution in [0.1, 0.15) is 31.7 Å². The molecule has 1 atom stereocenters. The highest BCUT2D eigenvalue weighted by Crippen LogP contribution is 2.40.